The van der Waals surface area contributed by atoms with E-state index in [1.165, 1.54) is 52.1 Å². The average molecular weight is 564 g/mol. The molecule has 0 unspecified atom stereocenters. The monoisotopic (exact) mass is 563 g/mol. The number of para-hydroxylation sites is 1. The van der Waals surface area contributed by atoms with Crippen LogP contribution in [0.5, 0.6) is 0 Å². The first-order valence-corrected chi connectivity index (χ1v) is 14.9. The molecule has 1 N–H and O–H groups in total. The maximum absolute atomic E-state index is 13.0. The Morgan fingerprint density at radius 1 is 0.975 bits per heavy atom. The topological polar surface area (TPSA) is 82.8 Å². The van der Waals surface area contributed by atoms with Crippen molar-refractivity contribution in [2.24, 2.45) is 0 Å². The molecule has 0 saturated carbocycles. The summed E-state index contributed by atoms with van der Waals surface area (Å²) in [6, 6.07) is 18.5. The molecule has 3 aromatic carbocycles. The average Bonchev–Trinajstić information content (AvgIpc) is 3.25. The number of aryl methyl sites for hydroxylation is 1. The zero-order valence-corrected chi connectivity index (χ0v) is 23.6. The number of carbonyl (C=O) groups excluding carboxylic acids is 1. The summed E-state index contributed by atoms with van der Waals surface area (Å²) < 4.78 is 45.1. The fraction of sp³-hybridized carbons (Fsp3) is 0.323. The van der Waals surface area contributed by atoms with Gasteiger partial charge in [0.15, 0.2) is 5.78 Å². The zero-order valence-electron chi connectivity index (χ0n) is 22.8. The van der Waals surface area contributed by atoms with Crippen LogP contribution in [0.3, 0.4) is 0 Å². The van der Waals surface area contributed by atoms with E-state index >= 15 is 0 Å². The highest BCUT2D eigenvalue weighted by molar-refractivity contribution is 7.85. The van der Waals surface area contributed by atoms with Gasteiger partial charge in [0, 0.05) is 62.7 Å². The lowest BCUT2D eigenvalue weighted by Gasteiger charge is -2.30. The number of likely N-dealkylation sites (N-methyl/N-ethyl adjacent to an activating group) is 1. The van der Waals surface area contributed by atoms with Crippen molar-refractivity contribution in [3.05, 3.63) is 94.9 Å². The Bertz CT molecular complexity index is 1630. The predicted octanol–water partition coefficient (Wildman–Crippen LogP) is 5.49. The fourth-order valence-electron chi connectivity index (χ4n) is 5.61. The van der Waals surface area contributed by atoms with E-state index in [2.05, 4.69) is 39.6 Å². The fourth-order valence-corrected chi connectivity index (χ4v) is 6.09. The second-order valence-corrected chi connectivity index (χ2v) is 11.9. The van der Waals surface area contributed by atoms with Crippen LogP contribution < -0.4 is 4.90 Å². The first kappa shape index (κ1) is 28.0. The van der Waals surface area contributed by atoms with Gasteiger partial charge in [0.1, 0.15) is 5.82 Å². The molecule has 2 aliphatic heterocycles. The molecule has 0 aliphatic carbocycles. The van der Waals surface area contributed by atoms with E-state index in [0.717, 1.165) is 51.1 Å². The predicted molar refractivity (Wildman–Crippen MR) is 155 cm³/mol. The lowest BCUT2D eigenvalue weighted by Crippen LogP contribution is -2.33. The maximum atomic E-state index is 13.0. The van der Waals surface area contributed by atoms with Gasteiger partial charge in [-0.1, -0.05) is 29.8 Å². The molecular formula is C31H34FN3O4S. The quantitative estimate of drug-likeness (QED) is 0.247. The summed E-state index contributed by atoms with van der Waals surface area (Å²) in [5, 5.41) is 1.39. The van der Waals surface area contributed by atoms with Gasteiger partial charge in [-0.05, 0) is 67.9 Å². The van der Waals surface area contributed by atoms with Gasteiger partial charge >= 0.3 is 0 Å². The van der Waals surface area contributed by atoms with Crippen LogP contribution >= 0.6 is 0 Å². The standard InChI is InChI=1S/C24H26FN3O.C7H8O3S/c1-26-14-15-28-21-11-13-27(16-20(21)19-4-2-5-22(26)24(19)28)12-3-6-23(29)17-7-9-18(25)10-8-17;1-6-2-4-7(5-3-6)11(8,9)10/h2,4-5,7-10H,3,6,11-16H2,1H3;2-5H,1H3,(H,8,9,10). The Hall–Kier alpha value is -3.53. The number of fused-ring (bicyclic) bond motifs is 3. The van der Waals surface area contributed by atoms with Gasteiger partial charge in [0.25, 0.3) is 10.1 Å². The number of carbonyl (C=O) groups is 1. The molecule has 4 aromatic rings. The number of hydrogen-bond acceptors (Lipinski definition) is 5. The summed E-state index contributed by atoms with van der Waals surface area (Å²) >= 11 is 0. The summed E-state index contributed by atoms with van der Waals surface area (Å²) in [4.78, 5) is 17.1. The Labute approximate surface area is 234 Å². The van der Waals surface area contributed by atoms with E-state index in [0.29, 0.717) is 12.0 Å². The molecule has 0 radical (unpaired) electrons. The number of benzene rings is 3. The highest BCUT2D eigenvalue weighted by Crippen LogP contribution is 2.38. The lowest BCUT2D eigenvalue weighted by atomic mass is 10.0. The number of Topliss-reactive ketones (excluding diaryl/α,β-unsaturated/α-hetero) is 1. The third-order valence-electron chi connectivity index (χ3n) is 7.76. The van der Waals surface area contributed by atoms with Crippen LogP contribution in [0, 0.1) is 12.7 Å². The SMILES string of the molecule is CN1CCn2c3c(c4cccc1c42)CN(CCCC(=O)c1ccc(F)cc1)CC3.Cc1ccc(S(=O)(=O)O)cc1. The van der Waals surface area contributed by atoms with Gasteiger partial charge in [0.2, 0.25) is 0 Å². The van der Waals surface area contributed by atoms with Crippen molar-refractivity contribution in [2.45, 2.75) is 44.2 Å². The third-order valence-corrected chi connectivity index (χ3v) is 8.63. The molecule has 7 nitrogen and oxygen atoms in total. The van der Waals surface area contributed by atoms with Crippen molar-refractivity contribution in [1.82, 2.24) is 9.47 Å². The van der Waals surface area contributed by atoms with Crippen molar-refractivity contribution in [1.29, 1.82) is 0 Å². The summed E-state index contributed by atoms with van der Waals surface area (Å²) in [6.07, 6.45) is 2.41. The number of ketones is 1. The van der Waals surface area contributed by atoms with E-state index in [-0.39, 0.29) is 16.5 Å². The van der Waals surface area contributed by atoms with E-state index in [1.807, 2.05) is 6.92 Å². The van der Waals surface area contributed by atoms with Gasteiger partial charge in [-0.25, -0.2) is 4.39 Å². The molecule has 2 aliphatic rings. The van der Waals surface area contributed by atoms with Crippen molar-refractivity contribution in [3.8, 4) is 0 Å². The molecular weight excluding hydrogens is 529 g/mol. The van der Waals surface area contributed by atoms with Gasteiger partial charge in [-0.2, -0.15) is 8.42 Å². The lowest BCUT2D eigenvalue weighted by molar-refractivity contribution is 0.0973. The largest absolute Gasteiger partial charge is 0.371 e. The Balaban J connectivity index is 0.000000248. The van der Waals surface area contributed by atoms with Crippen LogP contribution in [0.2, 0.25) is 0 Å². The van der Waals surface area contributed by atoms with Crippen molar-refractivity contribution in [2.75, 3.05) is 31.6 Å². The molecule has 40 heavy (non-hydrogen) atoms. The second kappa shape index (κ2) is 11.5. The molecule has 1 aromatic heterocycles. The third kappa shape index (κ3) is 5.96. The smallest absolute Gasteiger partial charge is 0.294 e. The van der Waals surface area contributed by atoms with E-state index in [1.54, 1.807) is 24.3 Å². The number of nitrogens with zero attached hydrogens (tertiary/aromatic N) is 3. The second-order valence-electron chi connectivity index (χ2n) is 10.5. The molecule has 0 spiro atoms. The summed E-state index contributed by atoms with van der Waals surface area (Å²) in [5.74, 6) is -0.207. The Kier molecular flexibility index (Phi) is 8.07. The van der Waals surface area contributed by atoms with Gasteiger partial charge < -0.3 is 9.47 Å². The number of rotatable bonds is 6. The molecule has 6 rings (SSSR count). The molecule has 0 fully saturated rings. The normalized spacial score (nSPS) is 14.9. The van der Waals surface area contributed by atoms with Crippen LogP contribution in [-0.4, -0.2) is 54.9 Å². The highest BCUT2D eigenvalue weighted by atomic mass is 32.2. The van der Waals surface area contributed by atoms with Crippen LogP contribution in [0.25, 0.3) is 10.9 Å². The molecule has 3 heterocycles. The Morgan fingerprint density at radius 3 is 2.40 bits per heavy atom. The number of aromatic nitrogens is 1. The first-order chi connectivity index (χ1) is 19.1. The van der Waals surface area contributed by atoms with Crippen LogP contribution in [-0.2, 0) is 29.6 Å². The minimum atomic E-state index is -4.02. The van der Waals surface area contributed by atoms with Crippen LogP contribution in [0.1, 0.15) is 40.0 Å². The molecule has 0 saturated heterocycles. The van der Waals surface area contributed by atoms with Gasteiger partial charge in [-0.3, -0.25) is 14.2 Å². The minimum absolute atomic E-state index is 0.0666. The van der Waals surface area contributed by atoms with Crippen LogP contribution in [0.15, 0.2) is 71.6 Å². The summed E-state index contributed by atoms with van der Waals surface area (Å²) in [5.41, 5.74) is 7.24. The first-order valence-electron chi connectivity index (χ1n) is 13.5. The molecule has 0 atom stereocenters. The maximum Gasteiger partial charge on any atom is 0.294 e. The highest BCUT2D eigenvalue weighted by Gasteiger charge is 2.27. The molecule has 9 heteroatoms. The van der Waals surface area contributed by atoms with Crippen molar-refractivity contribution < 1.29 is 22.2 Å². The zero-order chi connectivity index (χ0) is 28.4. The van der Waals surface area contributed by atoms with E-state index in [9.17, 15) is 17.6 Å². The van der Waals surface area contributed by atoms with Gasteiger partial charge in [-0.15, -0.1) is 0 Å². The van der Waals surface area contributed by atoms with E-state index in [4.69, 9.17) is 4.55 Å². The number of hydrogen-bond donors (Lipinski definition) is 1. The van der Waals surface area contributed by atoms with Crippen molar-refractivity contribution in [3.63, 3.8) is 0 Å². The number of halogens is 1. The number of anilines is 1. The molecule has 0 bridgehead atoms. The summed E-state index contributed by atoms with van der Waals surface area (Å²) in [7, 11) is -1.84. The minimum Gasteiger partial charge on any atom is -0.371 e. The molecule has 0 amide bonds. The van der Waals surface area contributed by atoms with Crippen molar-refractivity contribution >= 4 is 32.5 Å². The van der Waals surface area contributed by atoms with Crippen LogP contribution in [0.4, 0.5) is 10.1 Å². The van der Waals surface area contributed by atoms with E-state index < -0.39 is 10.1 Å². The van der Waals surface area contributed by atoms with Gasteiger partial charge in [0.05, 0.1) is 16.1 Å². The summed E-state index contributed by atoms with van der Waals surface area (Å²) in [6.45, 7) is 6.87. The Morgan fingerprint density at radius 2 is 1.70 bits per heavy atom. The molecule has 210 valence electrons.